The maximum absolute atomic E-state index is 13.1. The number of alkyl halides is 3. The summed E-state index contributed by atoms with van der Waals surface area (Å²) in [6.45, 7) is 3.32. The summed E-state index contributed by atoms with van der Waals surface area (Å²) in [6.07, 6.45) is -3.81. The summed E-state index contributed by atoms with van der Waals surface area (Å²) in [4.78, 5) is 41.2. The molecule has 1 aliphatic carbocycles. The minimum atomic E-state index is -4.54. The van der Waals surface area contributed by atoms with Crippen molar-refractivity contribution in [1.29, 1.82) is 0 Å². The van der Waals surface area contributed by atoms with Gasteiger partial charge in [0.1, 0.15) is 22.8 Å². The van der Waals surface area contributed by atoms with Crippen LogP contribution in [0.4, 0.5) is 13.2 Å². The molecule has 1 fully saturated rings. The van der Waals surface area contributed by atoms with E-state index in [4.69, 9.17) is 21.1 Å². The minimum absolute atomic E-state index is 0.0742. The number of carbonyl (C=O) groups excluding carboxylic acids is 3. The predicted molar refractivity (Wildman–Crippen MR) is 125 cm³/mol. The standard InChI is InChI=1S/C25H26ClF3N2O5/c1-23(2,22(34)36-4)17-13-18(26)15(12-20(17)35-3)11-16(32)9-14-5-8-30-19(10-14)21(33)31-24(6-7-24)25(27,28)29/h5,8,10,12-13H,6-7,9,11H2,1-4H3,(H,31,33). The average Bonchev–Trinajstić information content (AvgIpc) is 3.60. The molecule has 0 saturated heterocycles. The number of carbonyl (C=O) groups is 3. The van der Waals surface area contributed by atoms with E-state index in [1.807, 2.05) is 5.32 Å². The summed E-state index contributed by atoms with van der Waals surface area (Å²) in [5.74, 6) is -1.33. The Morgan fingerprint density at radius 1 is 1.11 bits per heavy atom. The Balaban J connectivity index is 1.74. The van der Waals surface area contributed by atoms with Crippen molar-refractivity contribution in [3.8, 4) is 5.75 Å². The van der Waals surface area contributed by atoms with Crippen molar-refractivity contribution in [1.82, 2.24) is 10.3 Å². The second-order valence-electron chi connectivity index (χ2n) is 9.24. The number of nitrogens with zero attached hydrogens (tertiary/aromatic N) is 1. The van der Waals surface area contributed by atoms with E-state index in [1.54, 1.807) is 26.0 Å². The number of esters is 1. The summed E-state index contributed by atoms with van der Waals surface area (Å²) in [6, 6.07) is 5.94. The van der Waals surface area contributed by atoms with Crippen LogP contribution in [0.5, 0.6) is 5.75 Å². The molecule has 0 spiro atoms. The molecule has 1 aromatic heterocycles. The van der Waals surface area contributed by atoms with Crippen LogP contribution < -0.4 is 10.1 Å². The van der Waals surface area contributed by atoms with E-state index in [2.05, 4.69) is 4.98 Å². The predicted octanol–water partition coefficient (Wildman–Crippen LogP) is 4.37. The lowest BCUT2D eigenvalue weighted by Crippen LogP contribution is -2.48. The summed E-state index contributed by atoms with van der Waals surface area (Å²) >= 11 is 6.42. The van der Waals surface area contributed by atoms with E-state index in [1.165, 1.54) is 32.5 Å². The molecule has 2 aromatic rings. The van der Waals surface area contributed by atoms with Crippen LogP contribution in [0.15, 0.2) is 30.5 Å². The molecule has 1 heterocycles. The highest BCUT2D eigenvalue weighted by Crippen LogP contribution is 2.49. The van der Waals surface area contributed by atoms with Crippen molar-refractivity contribution >= 4 is 29.3 Å². The third-order valence-corrected chi connectivity index (χ3v) is 6.58. The van der Waals surface area contributed by atoms with Crippen LogP contribution in [-0.2, 0) is 32.6 Å². The van der Waals surface area contributed by atoms with Crippen molar-refractivity contribution in [2.24, 2.45) is 0 Å². The Kier molecular flexibility index (Phi) is 7.69. The second kappa shape index (κ2) is 10.1. The molecule has 1 saturated carbocycles. The number of hydrogen-bond donors (Lipinski definition) is 1. The molecular weight excluding hydrogens is 501 g/mol. The molecule has 1 aliphatic rings. The number of pyridine rings is 1. The molecule has 7 nitrogen and oxygen atoms in total. The number of nitrogens with one attached hydrogen (secondary N) is 1. The van der Waals surface area contributed by atoms with Crippen molar-refractivity contribution in [2.45, 2.75) is 56.7 Å². The number of ether oxygens (including phenoxy) is 2. The molecule has 1 amide bonds. The fourth-order valence-electron chi connectivity index (χ4n) is 3.85. The third-order valence-electron chi connectivity index (χ3n) is 6.23. The number of methoxy groups -OCH3 is 2. The topological polar surface area (TPSA) is 94.6 Å². The molecule has 1 N–H and O–H groups in total. The monoisotopic (exact) mass is 526 g/mol. The molecule has 0 atom stereocenters. The SMILES string of the molecule is COC(=O)C(C)(C)c1cc(Cl)c(CC(=O)Cc2ccnc(C(=O)NC3(C(F)(F)F)CC3)c2)cc1OC. The Morgan fingerprint density at radius 3 is 2.33 bits per heavy atom. The van der Waals surface area contributed by atoms with Gasteiger partial charge in [0.05, 0.1) is 19.6 Å². The first-order chi connectivity index (χ1) is 16.7. The summed E-state index contributed by atoms with van der Waals surface area (Å²) in [5, 5.41) is 2.28. The Labute approximate surface area is 211 Å². The van der Waals surface area contributed by atoms with Gasteiger partial charge in [0.15, 0.2) is 0 Å². The first-order valence-corrected chi connectivity index (χ1v) is 11.4. The first kappa shape index (κ1) is 27.4. The number of halogens is 4. The molecule has 11 heteroatoms. The number of ketones is 1. The van der Waals surface area contributed by atoms with Gasteiger partial charge in [-0.15, -0.1) is 0 Å². The van der Waals surface area contributed by atoms with Crippen molar-refractivity contribution in [2.75, 3.05) is 14.2 Å². The van der Waals surface area contributed by atoms with Gasteiger partial charge >= 0.3 is 12.1 Å². The Hall–Kier alpha value is -3.14. The summed E-state index contributed by atoms with van der Waals surface area (Å²) < 4.78 is 49.7. The van der Waals surface area contributed by atoms with Crippen LogP contribution in [0.25, 0.3) is 0 Å². The molecule has 0 aliphatic heterocycles. The molecule has 1 aromatic carbocycles. The lowest BCUT2D eigenvalue weighted by atomic mass is 9.83. The highest BCUT2D eigenvalue weighted by Gasteiger charge is 2.64. The van der Waals surface area contributed by atoms with Gasteiger partial charge in [0, 0.05) is 29.6 Å². The zero-order chi connectivity index (χ0) is 26.9. The van der Waals surface area contributed by atoms with E-state index < -0.39 is 29.0 Å². The van der Waals surface area contributed by atoms with E-state index in [0.717, 1.165) is 0 Å². The van der Waals surface area contributed by atoms with Gasteiger partial charge in [-0.05, 0) is 62.1 Å². The lowest BCUT2D eigenvalue weighted by Gasteiger charge is -2.25. The highest BCUT2D eigenvalue weighted by atomic mass is 35.5. The van der Waals surface area contributed by atoms with Gasteiger partial charge < -0.3 is 14.8 Å². The summed E-state index contributed by atoms with van der Waals surface area (Å²) in [7, 11) is 2.71. The molecule has 0 radical (unpaired) electrons. The van der Waals surface area contributed by atoms with Crippen LogP contribution >= 0.6 is 11.6 Å². The molecule has 36 heavy (non-hydrogen) atoms. The largest absolute Gasteiger partial charge is 0.496 e. The van der Waals surface area contributed by atoms with Crippen molar-refractivity contribution in [3.05, 3.63) is 57.9 Å². The van der Waals surface area contributed by atoms with Crippen LogP contribution in [0.1, 0.15) is 53.9 Å². The minimum Gasteiger partial charge on any atom is -0.496 e. The number of rotatable bonds is 9. The molecule has 194 valence electrons. The molecule has 3 rings (SSSR count). The zero-order valence-electron chi connectivity index (χ0n) is 20.2. The number of aromatic nitrogens is 1. The van der Waals surface area contributed by atoms with E-state index in [0.29, 0.717) is 22.4 Å². The fourth-order valence-corrected chi connectivity index (χ4v) is 4.08. The third kappa shape index (κ3) is 5.64. The van der Waals surface area contributed by atoms with Gasteiger partial charge in [-0.2, -0.15) is 13.2 Å². The highest BCUT2D eigenvalue weighted by molar-refractivity contribution is 6.31. The number of amides is 1. The Bertz CT molecular complexity index is 1190. The molecule has 0 unspecified atom stereocenters. The van der Waals surface area contributed by atoms with Crippen LogP contribution in [0.2, 0.25) is 5.02 Å². The van der Waals surface area contributed by atoms with Crippen LogP contribution in [0.3, 0.4) is 0 Å². The molecule has 0 bridgehead atoms. The second-order valence-corrected chi connectivity index (χ2v) is 9.64. The van der Waals surface area contributed by atoms with Gasteiger partial charge in [0.2, 0.25) is 0 Å². The Morgan fingerprint density at radius 2 is 1.78 bits per heavy atom. The molecular formula is C25H26ClF3N2O5. The summed E-state index contributed by atoms with van der Waals surface area (Å²) in [5.41, 5.74) is -2.08. The fraction of sp³-hybridized carbons (Fsp3) is 0.440. The lowest BCUT2D eigenvalue weighted by molar-refractivity contribution is -0.163. The number of benzene rings is 1. The van der Waals surface area contributed by atoms with Gasteiger partial charge in [-0.3, -0.25) is 19.4 Å². The van der Waals surface area contributed by atoms with Gasteiger partial charge in [-0.25, -0.2) is 0 Å². The van der Waals surface area contributed by atoms with Gasteiger partial charge in [-0.1, -0.05) is 11.6 Å². The van der Waals surface area contributed by atoms with Crippen LogP contribution in [-0.4, -0.2) is 48.6 Å². The zero-order valence-corrected chi connectivity index (χ0v) is 21.0. The van der Waals surface area contributed by atoms with Gasteiger partial charge in [0.25, 0.3) is 5.91 Å². The van der Waals surface area contributed by atoms with E-state index in [-0.39, 0.29) is 42.2 Å². The maximum atomic E-state index is 13.1. The smallest absolute Gasteiger partial charge is 0.411 e. The average molecular weight is 527 g/mol. The van der Waals surface area contributed by atoms with E-state index >= 15 is 0 Å². The maximum Gasteiger partial charge on any atom is 0.411 e. The van der Waals surface area contributed by atoms with E-state index in [9.17, 15) is 27.6 Å². The number of Topliss-reactive ketones (excluding diaryl/α,β-unsaturated/α-hetero) is 1. The number of hydrogen-bond acceptors (Lipinski definition) is 6. The van der Waals surface area contributed by atoms with Crippen LogP contribution in [0, 0.1) is 0 Å². The normalized spacial score (nSPS) is 14.7. The first-order valence-electron chi connectivity index (χ1n) is 11.1. The quantitative estimate of drug-likeness (QED) is 0.488. The van der Waals surface area contributed by atoms with Crippen molar-refractivity contribution < 1.29 is 37.0 Å². The van der Waals surface area contributed by atoms with Crippen molar-refractivity contribution in [3.63, 3.8) is 0 Å².